The molecular weight excluding hydrogens is 680 g/mol. The number of carbonyl (C=O) groups is 1. The summed E-state index contributed by atoms with van der Waals surface area (Å²) in [6.07, 6.45) is 1.63. The summed E-state index contributed by atoms with van der Waals surface area (Å²) in [6.45, 7) is 3.61. The number of hydrogen-bond acceptors (Lipinski definition) is 10. The number of nitrogens with one attached hydrogen (secondary N) is 1. The number of hydrogen-bond donors (Lipinski definition) is 1. The Balaban J connectivity index is 1.54. The molecule has 45 heavy (non-hydrogen) atoms. The van der Waals surface area contributed by atoms with E-state index in [4.69, 9.17) is 18.9 Å². The van der Waals surface area contributed by atoms with Crippen molar-refractivity contribution in [2.24, 2.45) is 4.99 Å². The molecule has 1 atom stereocenters. The van der Waals surface area contributed by atoms with Crippen LogP contribution in [0.3, 0.4) is 0 Å². The zero-order chi connectivity index (χ0) is 31.7. The van der Waals surface area contributed by atoms with Gasteiger partial charge in [-0.3, -0.25) is 14.2 Å². The first kappa shape index (κ1) is 30.6. The first-order valence-corrected chi connectivity index (χ1v) is 16.2. The van der Waals surface area contributed by atoms with Gasteiger partial charge in [0.05, 0.1) is 29.5 Å². The molecule has 5 aromatic rings. The van der Waals surface area contributed by atoms with Crippen LogP contribution in [0.25, 0.3) is 11.8 Å². The standard InChI is InChI=1S/C32H25BrN4O6S2/c1-4-42-30(40)26-27(18-8-6-5-7-9-18)36-32-37(28(26)21-15-19(33)10-12-22(21)41-3)29(39)23(44-32)16-20-11-13-25(43-20)45-31-34-17(2)14-24(38)35-31/h5-16,28H,4H2,1-3H3,(H,34,35,38)/b23-16-/t28-/m0/s1. The first-order chi connectivity index (χ1) is 21.7. The third-order valence-electron chi connectivity index (χ3n) is 6.78. The zero-order valence-electron chi connectivity index (χ0n) is 24.2. The Bertz CT molecular complexity index is 2200. The maximum Gasteiger partial charge on any atom is 0.338 e. The quantitative estimate of drug-likeness (QED) is 0.180. The number of rotatable bonds is 8. The molecule has 1 aliphatic heterocycles. The van der Waals surface area contributed by atoms with E-state index in [2.05, 4.69) is 25.9 Å². The molecule has 4 heterocycles. The number of fused-ring (bicyclic) bond motifs is 1. The summed E-state index contributed by atoms with van der Waals surface area (Å²) in [6, 6.07) is 18.7. The third-order valence-corrected chi connectivity index (χ3v) is 9.06. The fourth-order valence-electron chi connectivity index (χ4n) is 4.94. The summed E-state index contributed by atoms with van der Waals surface area (Å²) in [5, 5.41) is 0.874. The van der Waals surface area contributed by atoms with Crippen LogP contribution in [-0.4, -0.2) is 34.2 Å². The fraction of sp³-hybridized carbons (Fsp3) is 0.156. The van der Waals surface area contributed by atoms with Crippen molar-refractivity contribution < 1.29 is 18.7 Å². The van der Waals surface area contributed by atoms with Gasteiger partial charge in [0.25, 0.3) is 11.1 Å². The molecule has 0 radical (unpaired) electrons. The number of aromatic nitrogens is 3. The van der Waals surface area contributed by atoms with E-state index in [-0.39, 0.29) is 23.3 Å². The van der Waals surface area contributed by atoms with E-state index >= 15 is 0 Å². The lowest BCUT2D eigenvalue weighted by Crippen LogP contribution is -2.40. The molecule has 0 saturated heterocycles. The van der Waals surface area contributed by atoms with E-state index in [0.717, 1.165) is 16.2 Å². The van der Waals surface area contributed by atoms with Gasteiger partial charge >= 0.3 is 5.97 Å². The van der Waals surface area contributed by atoms with Crippen molar-refractivity contribution in [1.82, 2.24) is 14.5 Å². The van der Waals surface area contributed by atoms with Crippen molar-refractivity contribution in [3.05, 3.63) is 129 Å². The van der Waals surface area contributed by atoms with Crippen LogP contribution < -0.4 is 25.2 Å². The lowest BCUT2D eigenvalue weighted by Gasteiger charge is -2.27. The smallest absolute Gasteiger partial charge is 0.338 e. The molecule has 0 bridgehead atoms. The van der Waals surface area contributed by atoms with E-state index in [1.54, 1.807) is 38.1 Å². The summed E-state index contributed by atoms with van der Waals surface area (Å²) >= 11 is 5.88. The molecule has 2 aromatic carbocycles. The fourth-order valence-corrected chi connectivity index (χ4v) is 7.11. The number of methoxy groups -OCH3 is 1. The van der Waals surface area contributed by atoms with Gasteiger partial charge in [-0.15, -0.1) is 0 Å². The van der Waals surface area contributed by atoms with Crippen LogP contribution in [0.4, 0.5) is 0 Å². The van der Waals surface area contributed by atoms with Crippen LogP contribution in [-0.2, 0) is 9.53 Å². The van der Waals surface area contributed by atoms with Gasteiger partial charge in [-0.25, -0.2) is 14.8 Å². The Kier molecular flexibility index (Phi) is 8.74. The van der Waals surface area contributed by atoms with Gasteiger partial charge in [0, 0.05) is 33.4 Å². The number of halogens is 1. The first-order valence-electron chi connectivity index (χ1n) is 13.7. The highest BCUT2D eigenvalue weighted by Crippen LogP contribution is 2.40. The molecule has 6 rings (SSSR count). The van der Waals surface area contributed by atoms with Crippen molar-refractivity contribution in [2.75, 3.05) is 13.7 Å². The van der Waals surface area contributed by atoms with E-state index in [0.29, 0.717) is 53.6 Å². The van der Waals surface area contributed by atoms with Crippen LogP contribution in [0.1, 0.15) is 35.5 Å². The van der Waals surface area contributed by atoms with Crippen molar-refractivity contribution in [2.45, 2.75) is 30.1 Å². The van der Waals surface area contributed by atoms with Crippen molar-refractivity contribution in [3.8, 4) is 5.75 Å². The van der Waals surface area contributed by atoms with Gasteiger partial charge in [-0.1, -0.05) is 57.6 Å². The molecule has 1 aliphatic rings. The summed E-state index contributed by atoms with van der Waals surface area (Å²) in [5.41, 5.74) is 1.87. The van der Waals surface area contributed by atoms with Gasteiger partial charge in [0.15, 0.2) is 15.1 Å². The predicted molar refractivity (Wildman–Crippen MR) is 174 cm³/mol. The number of benzene rings is 2. The highest BCUT2D eigenvalue weighted by molar-refractivity contribution is 9.10. The lowest BCUT2D eigenvalue weighted by atomic mass is 9.92. The number of ether oxygens (including phenoxy) is 2. The average molecular weight is 706 g/mol. The second-order valence-corrected chi connectivity index (χ2v) is 12.7. The Morgan fingerprint density at radius 2 is 1.96 bits per heavy atom. The molecular formula is C32H25BrN4O6S2. The average Bonchev–Trinajstić information content (AvgIpc) is 3.59. The lowest BCUT2D eigenvalue weighted by molar-refractivity contribution is -0.138. The van der Waals surface area contributed by atoms with Gasteiger partial charge in [0.2, 0.25) is 0 Å². The molecule has 228 valence electrons. The molecule has 10 nitrogen and oxygen atoms in total. The maximum absolute atomic E-state index is 14.2. The topological polar surface area (TPSA) is 129 Å². The molecule has 0 unspecified atom stereocenters. The SMILES string of the molecule is CCOC(=O)C1=C(c2ccccc2)N=c2s/c(=C\c3ccc(Sc4nc(C)cc(=O)[nH]4)o3)c(=O)n2[C@H]1c1cc(Br)ccc1OC. The Morgan fingerprint density at radius 3 is 2.69 bits per heavy atom. The van der Waals surface area contributed by atoms with Gasteiger partial charge in [0.1, 0.15) is 17.6 Å². The number of H-pyrrole nitrogens is 1. The van der Waals surface area contributed by atoms with Gasteiger partial charge < -0.3 is 18.9 Å². The summed E-state index contributed by atoms with van der Waals surface area (Å²) in [4.78, 5) is 52.0. The number of furan rings is 1. The Labute approximate surface area is 272 Å². The van der Waals surface area contributed by atoms with Crippen LogP contribution in [0, 0.1) is 6.92 Å². The van der Waals surface area contributed by atoms with E-state index in [1.807, 2.05) is 42.5 Å². The molecule has 0 aliphatic carbocycles. The molecule has 0 amide bonds. The number of carbonyl (C=O) groups excluding carboxylic acids is 1. The Hall–Kier alpha value is -4.46. The highest BCUT2D eigenvalue weighted by Gasteiger charge is 2.37. The van der Waals surface area contributed by atoms with E-state index in [9.17, 15) is 14.4 Å². The second-order valence-electron chi connectivity index (χ2n) is 9.77. The molecule has 0 saturated carbocycles. The summed E-state index contributed by atoms with van der Waals surface area (Å²) < 4.78 is 19.8. The van der Waals surface area contributed by atoms with E-state index < -0.39 is 12.0 Å². The molecule has 0 spiro atoms. The Morgan fingerprint density at radius 1 is 1.16 bits per heavy atom. The third kappa shape index (κ3) is 6.23. The predicted octanol–water partition coefficient (Wildman–Crippen LogP) is 4.84. The van der Waals surface area contributed by atoms with Crippen molar-refractivity contribution >= 4 is 56.8 Å². The maximum atomic E-state index is 14.2. The number of thiazole rings is 1. The minimum absolute atomic E-state index is 0.141. The van der Waals surface area contributed by atoms with Gasteiger partial charge in [-0.05, 0) is 55.9 Å². The van der Waals surface area contributed by atoms with Crippen LogP contribution >= 0.6 is 39.0 Å². The zero-order valence-corrected chi connectivity index (χ0v) is 27.4. The highest BCUT2D eigenvalue weighted by atomic mass is 79.9. The van der Waals surface area contributed by atoms with E-state index in [1.165, 1.54) is 29.1 Å². The van der Waals surface area contributed by atoms with Crippen molar-refractivity contribution in [1.29, 1.82) is 0 Å². The summed E-state index contributed by atoms with van der Waals surface area (Å²) in [5.74, 6) is 0.323. The minimum atomic E-state index is -0.906. The van der Waals surface area contributed by atoms with Crippen LogP contribution in [0.15, 0.2) is 106 Å². The normalized spacial score (nSPS) is 14.7. The van der Waals surface area contributed by atoms with Crippen LogP contribution in [0.2, 0.25) is 0 Å². The number of esters is 1. The minimum Gasteiger partial charge on any atom is -0.496 e. The summed E-state index contributed by atoms with van der Waals surface area (Å²) in [7, 11) is 1.54. The number of nitrogens with zero attached hydrogens (tertiary/aromatic N) is 3. The van der Waals surface area contributed by atoms with Crippen molar-refractivity contribution in [3.63, 3.8) is 0 Å². The molecule has 13 heteroatoms. The molecule has 3 aromatic heterocycles. The van der Waals surface area contributed by atoms with Gasteiger partial charge in [-0.2, -0.15) is 0 Å². The second kappa shape index (κ2) is 12.9. The van der Waals surface area contributed by atoms with Crippen LogP contribution in [0.5, 0.6) is 5.75 Å². The number of aromatic amines is 1. The largest absolute Gasteiger partial charge is 0.496 e. The molecule has 1 N–H and O–H groups in total. The monoisotopic (exact) mass is 704 g/mol. The molecule has 0 fully saturated rings. The number of aryl methyl sites for hydroxylation is 1.